The first-order valence-corrected chi connectivity index (χ1v) is 12.5. The van der Waals surface area contributed by atoms with Crippen LogP contribution < -0.4 is 9.64 Å². The van der Waals surface area contributed by atoms with Crippen molar-refractivity contribution in [1.29, 1.82) is 0 Å². The van der Waals surface area contributed by atoms with Crippen molar-refractivity contribution in [3.63, 3.8) is 0 Å². The van der Waals surface area contributed by atoms with E-state index < -0.39 is 0 Å². The second-order valence-electron chi connectivity index (χ2n) is 9.75. The largest absolute Gasteiger partial charge is 0.507 e. The van der Waals surface area contributed by atoms with Crippen LogP contribution in [0.1, 0.15) is 38.5 Å². The summed E-state index contributed by atoms with van der Waals surface area (Å²) in [6.45, 7) is 2.55. The topological polar surface area (TPSA) is 33.9 Å². The molecule has 0 amide bonds. The number of hydrogen-bond donors (Lipinski definition) is 2. The van der Waals surface area contributed by atoms with Gasteiger partial charge in [-0.3, -0.25) is 0 Å². The minimum Gasteiger partial charge on any atom is -0.507 e. The van der Waals surface area contributed by atoms with Gasteiger partial charge in [-0.2, -0.15) is 0 Å². The average Bonchev–Trinajstić information content (AvgIpc) is 3.40. The summed E-state index contributed by atoms with van der Waals surface area (Å²) in [6, 6.07) is 25.4. The van der Waals surface area contributed by atoms with E-state index in [0.29, 0.717) is 11.8 Å². The summed E-state index contributed by atoms with van der Waals surface area (Å²) in [5, 5.41) is 15.6. The Hall–Kier alpha value is -3.04. The maximum atomic E-state index is 11.1. The van der Waals surface area contributed by atoms with Gasteiger partial charge in [0.15, 0.2) is 6.10 Å². The van der Waals surface area contributed by atoms with Gasteiger partial charge in [-0.25, -0.2) is 0 Å². The molecule has 4 aromatic rings. The normalized spacial score (nSPS) is 21.6. The molecule has 1 saturated heterocycles. The fraction of sp³-hybridized carbons (Fsp3) is 0.333. The Balaban J connectivity index is 1.52. The van der Waals surface area contributed by atoms with Gasteiger partial charge in [0, 0.05) is 30.4 Å². The average molecular weight is 439 g/mol. The van der Waals surface area contributed by atoms with Gasteiger partial charge in [0.2, 0.25) is 0 Å². The van der Waals surface area contributed by atoms with Crippen molar-refractivity contribution in [3.8, 4) is 22.6 Å². The van der Waals surface area contributed by atoms with E-state index in [2.05, 4.69) is 54.6 Å². The monoisotopic (exact) mass is 438 g/mol. The molecule has 3 heteroatoms. The Labute approximate surface area is 195 Å². The van der Waals surface area contributed by atoms with Crippen LogP contribution in [0.5, 0.6) is 11.5 Å². The smallest absolute Gasteiger partial charge is 0.150 e. The summed E-state index contributed by atoms with van der Waals surface area (Å²) in [5.74, 6) is 1.20. The number of likely N-dealkylation sites (tertiary alicyclic amines) is 1. The Morgan fingerprint density at radius 1 is 0.667 bits per heavy atom. The SMILES string of the molecule is Oc1ccc2ccccc2c1-c1c(O[C@@H]2CCCC[C@H]2[NH+]2CCCC2)ccc2ccccc12. The molecule has 1 aliphatic carbocycles. The summed E-state index contributed by atoms with van der Waals surface area (Å²) >= 11 is 0. The fourth-order valence-corrected chi connectivity index (χ4v) is 6.20. The summed E-state index contributed by atoms with van der Waals surface area (Å²) in [7, 11) is 0. The zero-order valence-electron chi connectivity index (χ0n) is 19.1. The first-order valence-electron chi connectivity index (χ1n) is 12.5. The van der Waals surface area contributed by atoms with Crippen molar-refractivity contribution in [1.82, 2.24) is 0 Å². The highest BCUT2D eigenvalue weighted by atomic mass is 16.5. The molecule has 2 atom stereocenters. The first-order chi connectivity index (χ1) is 16.3. The predicted molar refractivity (Wildman–Crippen MR) is 135 cm³/mol. The van der Waals surface area contributed by atoms with Crippen molar-refractivity contribution in [3.05, 3.63) is 72.8 Å². The number of ether oxygens (including phenoxy) is 1. The van der Waals surface area contributed by atoms with Gasteiger partial charge in [-0.15, -0.1) is 0 Å². The van der Waals surface area contributed by atoms with Crippen LogP contribution in [-0.2, 0) is 0 Å². The maximum Gasteiger partial charge on any atom is 0.150 e. The standard InChI is InChI=1S/C30H31NO2/c32-26-17-15-21-9-1-3-11-23(21)29(26)30-24-12-4-2-10-22(24)16-18-28(30)33-27-14-6-5-13-25(27)31-19-7-8-20-31/h1-4,9-12,15-18,25,27,32H,5-8,13-14,19-20H2/p+1/t25-,27-/m1/s1. The van der Waals surface area contributed by atoms with Crippen molar-refractivity contribution in [2.24, 2.45) is 0 Å². The van der Waals surface area contributed by atoms with Gasteiger partial charge in [-0.1, -0.05) is 60.7 Å². The Morgan fingerprint density at radius 2 is 1.30 bits per heavy atom. The van der Waals surface area contributed by atoms with E-state index in [1.165, 1.54) is 45.2 Å². The van der Waals surface area contributed by atoms with Crippen LogP contribution in [0, 0.1) is 0 Å². The number of hydrogen-bond acceptors (Lipinski definition) is 2. The van der Waals surface area contributed by atoms with E-state index in [9.17, 15) is 5.11 Å². The number of phenols is 1. The first kappa shape index (κ1) is 20.6. The van der Waals surface area contributed by atoms with Crippen molar-refractivity contribution in [2.45, 2.75) is 50.7 Å². The van der Waals surface area contributed by atoms with Crippen LogP contribution in [0.25, 0.3) is 32.7 Å². The van der Waals surface area contributed by atoms with Gasteiger partial charge in [0.25, 0.3) is 0 Å². The van der Waals surface area contributed by atoms with Gasteiger partial charge in [0.05, 0.1) is 13.1 Å². The molecule has 2 fully saturated rings. The Kier molecular flexibility index (Phi) is 5.43. The summed E-state index contributed by atoms with van der Waals surface area (Å²) in [6.07, 6.45) is 7.81. The summed E-state index contributed by atoms with van der Waals surface area (Å²) in [5.41, 5.74) is 1.89. The van der Waals surface area contributed by atoms with E-state index in [1.54, 1.807) is 4.90 Å². The van der Waals surface area contributed by atoms with Gasteiger partial charge >= 0.3 is 0 Å². The van der Waals surface area contributed by atoms with Crippen LogP contribution in [0.4, 0.5) is 0 Å². The molecule has 2 aliphatic rings. The summed E-state index contributed by atoms with van der Waals surface area (Å²) in [4.78, 5) is 1.73. The zero-order chi connectivity index (χ0) is 22.2. The van der Waals surface area contributed by atoms with Crippen LogP contribution in [0.3, 0.4) is 0 Å². The number of nitrogens with one attached hydrogen (secondary N) is 1. The van der Waals surface area contributed by atoms with E-state index in [0.717, 1.165) is 44.8 Å². The number of benzene rings is 4. The molecule has 4 aromatic carbocycles. The highest BCUT2D eigenvalue weighted by Gasteiger charge is 2.37. The van der Waals surface area contributed by atoms with Crippen molar-refractivity contribution < 1.29 is 14.7 Å². The Morgan fingerprint density at radius 3 is 2.06 bits per heavy atom. The number of rotatable bonds is 4. The second kappa shape index (κ2) is 8.72. The molecular formula is C30H32NO2+. The van der Waals surface area contributed by atoms with E-state index >= 15 is 0 Å². The molecule has 168 valence electrons. The maximum absolute atomic E-state index is 11.1. The lowest BCUT2D eigenvalue weighted by atomic mass is 9.90. The lowest BCUT2D eigenvalue weighted by Gasteiger charge is -2.35. The molecule has 1 aliphatic heterocycles. The molecule has 2 N–H and O–H groups in total. The molecule has 0 radical (unpaired) electrons. The highest BCUT2D eigenvalue weighted by Crippen LogP contribution is 2.45. The van der Waals surface area contributed by atoms with Crippen LogP contribution in [0.2, 0.25) is 0 Å². The van der Waals surface area contributed by atoms with E-state index in [1.807, 2.05) is 18.2 Å². The molecule has 6 rings (SSSR count). The van der Waals surface area contributed by atoms with Crippen molar-refractivity contribution in [2.75, 3.05) is 13.1 Å². The van der Waals surface area contributed by atoms with Gasteiger partial charge in [-0.05, 0) is 52.9 Å². The third kappa shape index (κ3) is 3.75. The molecule has 0 bridgehead atoms. The number of phenolic OH excluding ortho intramolecular Hbond substituents is 1. The van der Waals surface area contributed by atoms with Gasteiger partial charge < -0.3 is 14.7 Å². The van der Waals surface area contributed by atoms with Crippen LogP contribution in [0.15, 0.2) is 72.8 Å². The van der Waals surface area contributed by atoms with Crippen molar-refractivity contribution >= 4 is 21.5 Å². The molecule has 0 unspecified atom stereocenters. The number of quaternary nitrogens is 1. The molecule has 0 aromatic heterocycles. The molecule has 3 nitrogen and oxygen atoms in total. The lowest BCUT2D eigenvalue weighted by Crippen LogP contribution is -3.15. The molecular weight excluding hydrogens is 406 g/mol. The molecule has 1 saturated carbocycles. The quantitative estimate of drug-likeness (QED) is 0.426. The van der Waals surface area contributed by atoms with Crippen LogP contribution >= 0.6 is 0 Å². The molecule has 0 spiro atoms. The molecule has 33 heavy (non-hydrogen) atoms. The minimum absolute atomic E-state index is 0.226. The van der Waals surface area contributed by atoms with Gasteiger partial charge in [0.1, 0.15) is 17.5 Å². The fourth-order valence-electron chi connectivity index (χ4n) is 6.20. The number of fused-ring (bicyclic) bond motifs is 2. The van der Waals surface area contributed by atoms with E-state index in [-0.39, 0.29) is 6.10 Å². The second-order valence-corrected chi connectivity index (χ2v) is 9.75. The number of aromatic hydroxyl groups is 1. The lowest BCUT2D eigenvalue weighted by molar-refractivity contribution is -0.918. The van der Waals surface area contributed by atoms with E-state index in [4.69, 9.17) is 4.74 Å². The van der Waals surface area contributed by atoms with Crippen LogP contribution in [-0.4, -0.2) is 30.3 Å². The minimum atomic E-state index is 0.226. The third-order valence-corrected chi connectivity index (χ3v) is 7.80. The predicted octanol–water partition coefficient (Wildman–Crippen LogP) is 5.73. The third-order valence-electron chi connectivity index (χ3n) is 7.80. The Bertz CT molecular complexity index is 1290. The summed E-state index contributed by atoms with van der Waals surface area (Å²) < 4.78 is 6.95. The zero-order valence-corrected chi connectivity index (χ0v) is 19.1. The molecule has 1 heterocycles. The highest BCUT2D eigenvalue weighted by molar-refractivity contribution is 6.09.